The lowest BCUT2D eigenvalue weighted by Gasteiger charge is -2.32. The molecule has 0 radical (unpaired) electrons. The van der Waals surface area contributed by atoms with E-state index in [1.165, 1.54) is 11.0 Å². The Morgan fingerprint density at radius 1 is 1.07 bits per heavy atom. The molecule has 0 unspecified atom stereocenters. The van der Waals surface area contributed by atoms with Gasteiger partial charge < -0.3 is 34.5 Å². The molecule has 16 heteroatoms. The number of pyridine rings is 1. The normalized spacial score (nSPS) is 30.1. The molecule has 7 atom stereocenters. The predicted octanol–water partition coefficient (Wildman–Crippen LogP) is 4.53. The van der Waals surface area contributed by atoms with Crippen LogP contribution >= 0.6 is 0 Å². The predicted molar refractivity (Wildman–Crippen MR) is 213 cm³/mol. The monoisotopic (exact) mass is 819 g/mol. The Balaban J connectivity index is 1.17. The quantitative estimate of drug-likeness (QED) is 0.286. The van der Waals surface area contributed by atoms with E-state index in [2.05, 4.69) is 28.0 Å². The molecule has 1 aromatic heterocycles. The summed E-state index contributed by atoms with van der Waals surface area (Å²) in [5.74, 6) is -1.18. The number of aromatic nitrogens is 1. The van der Waals surface area contributed by atoms with E-state index in [4.69, 9.17) is 23.9 Å². The zero-order valence-electron chi connectivity index (χ0n) is 33.1. The number of methoxy groups -OCH3 is 1. The Morgan fingerprint density at radius 2 is 1.84 bits per heavy atom. The first kappa shape index (κ1) is 39.9. The number of alkyl carbamates (subject to hydrolysis) is 1. The molecule has 2 aromatic rings. The van der Waals surface area contributed by atoms with Gasteiger partial charge in [0, 0.05) is 35.4 Å². The average Bonchev–Trinajstić information content (AvgIpc) is 3.99. The fourth-order valence-electron chi connectivity index (χ4n) is 9.36. The van der Waals surface area contributed by atoms with Crippen molar-refractivity contribution in [3.05, 3.63) is 42.5 Å². The van der Waals surface area contributed by atoms with Crippen LogP contribution in [0.25, 0.3) is 17.0 Å². The number of hydrogen-bond donors (Lipinski definition) is 3. The molecule has 4 bridgehead atoms. The molecule has 3 heterocycles. The van der Waals surface area contributed by atoms with Gasteiger partial charge in [0.05, 0.1) is 31.0 Å². The average molecular weight is 820 g/mol. The van der Waals surface area contributed by atoms with Gasteiger partial charge in [-0.3, -0.25) is 19.1 Å². The van der Waals surface area contributed by atoms with Crippen LogP contribution in [0.2, 0.25) is 0 Å². The van der Waals surface area contributed by atoms with Crippen molar-refractivity contribution in [2.24, 2.45) is 17.8 Å². The molecule has 4 amide bonds. The van der Waals surface area contributed by atoms with E-state index in [1.807, 2.05) is 25.1 Å². The maximum atomic E-state index is 14.9. The number of benzene rings is 1. The number of amides is 4. The largest absolute Gasteiger partial charge is 0.496 e. The van der Waals surface area contributed by atoms with Crippen LogP contribution in [0.15, 0.2) is 36.9 Å². The van der Waals surface area contributed by atoms with Crippen LogP contribution in [0.4, 0.5) is 4.79 Å². The minimum absolute atomic E-state index is 0.0155. The van der Waals surface area contributed by atoms with Crippen LogP contribution < -0.4 is 29.6 Å². The van der Waals surface area contributed by atoms with Crippen LogP contribution in [0.5, 0.6) is 17.4 Å². The molecule has 4 saturated carbocycles. The summed E-state index contributed by atoms with van der Waals surface area (Å²) in [6.07, 6.45) is 11.3. The van der Waals surface area contributed by atoms with Crippen LogP contribution in [0.1, 0.15) is 89.5 Å². The third-order valence-electron chi connectivity index (χ3n) is 12.8. The summed E-state index contributed by atoms with van der Waals surface area (Å²) >= 11 is 0. The maximum absolute atomic E-state index is 14.9. The molecule has 58 heavy (non-hydrogen) atoms. The molecule has 1 saturated heterocycles. The first-order valence-electron chi connectivity index (χ1n) is 20.7. The first-order chi connectivity index (χ1) is 27.9. The molecule has 1 aromatic carbocycles. The van der Waals surface area contributed by atoms with Gasteiger partial charge in [-0.25, -0.2) is 18.2 Å². The number of rotatable bonds is 10. The molecule has 312 valence electrons. The lowest BCUT2D eigenvalue weighted by Crippen LogP contribution is -2.59. The Bertz CT molecular complexity index is 2120. The summed E-state index contributed by atoms with van der Waals surface area (Å²) in [7, 11) is -2.32. The van der Waals surface area contributed by atoms with Gasteiger partial charge in [0.1, 0.15) is 41.3 Å². The van der Waals surface area contributed by atoms with E-state index in [0.717, 1.165) is 31.2 Å². The highest BCUT2D eigenvalue weighted by molar-refractivity contribution is 7.91. The molecule has 6 aliphatic rings. The number of nitrogens with one attached hydrogen (secondary N) is 3. The number of ether oxygens (including phenoxy) is 4. The van der Waals surface area contributed by atoms with E-state index in [-0.39, 0.29) is 37.3 Å². The van der Waals surface area contributed by atoms with E-state index in [9.17, 15) is 27.6 Å². The van der Waals surface area contributed by atoms with Crippen molar-refractivity contribution >= 4 is 50.8 Å². The van der Waals surface area contributed by atoms with Gasteiger partial charge in [0.15, 0.2) is 0 Å². The number of carbonyl (C=O) groups is 4. The van der Waals surface area contributed by atoms with E-state index < -0.39 is 68.7 Å². The van der Waals surface area contributed by atoms with Crippen LogP contribution in [-0.4, -0.2) is 97.5 Å². The Labute approximate surface area is 338 Å². The van der Waals surface area contributed by atoms with E-state index in [1.54, 1.807) is 13.2 Å². The fourth-order valence-corrected chi connectivity index (χ4v) is 10.7. The summed E-state index contributed by atoms with van der Waals surface area (Å²) < 4.78 is 52.2. The second-order valence-electron chi connectivity index (χ2n) is 16.6. The molecule has 2 aliphatic heterocycles. The summed E-state index contributed by atoms with van der Waals surface area (Å²) in [5.41, 5.74) is -0.202. The van der Waals surface area contributed by atoms with Gasteiger partial charge >= 0.3 is 6.09 Å². The lowest BCUT2D eigenvalue weighted by molar-refractivity contribution is -0.142. The van der Waals surface area contributed by atoms with Gasteiger partial charge in [-0.05, 0) is 82.6 Å². The van der Waals surface area contributed by atoms with E-state index >= 15 is 0 Å². The lowest BCUT2D eigenvalue weighted by atomic mass is 9.96. The minimum atomic E-state index is -3.91. The highest BCUT2D eigenvalue weighted by Crippen LogP contribution is 2.46. The molecule has 0 spiro atoms. The van der Waals surface area contributed by atoms with Crippen molar-refractivity contribution in [2.75, 3.05) is 20.3 Å². The van der Waals surface area contributed by atoms with Crippen LogP contribution in [0.3, 0.4) is 0 Å². The van der Waals surface area contributed by atoms with Crippen molar-refractivity contribution < 1.29 is 46.5 Å². The third-order valence-corrected chi connectivity index (χ3v) is 14.6. The van der Waals surface area contributed by atoms with Gasteiger partial charge in [0.2, 0.25) is 27.7 Å². The zero-order chi connectivity index (χ0) is 40.8. The second kappa shape index (κ2) is 16.1. The summed E-state index contributed by atoms with van der Waals surface area (Å²) in [6, 6.07) is 3.35. The molecule has 15 nitrogen and oxygen atoms in total. The number of allylic oxidation sites excluding steroid dienone is 1. The molecular formula is C42H53N5O10S. The third kappa shape index (κ3) is 7.95. The topological polar surface area (TPSA) is 192 Å². The molecule has 8 rings (SSSR count). The van der Waals surface area contributed by atoms with Crippen LogP contribution in [-0.2, 0) is 29.1 Å². The van der Waals surface area contributed by atoms with Crippen molar-refractivity contribution in [3.63, 3.8) is 0 Å². The number of fused-ring (bicyclic) bond motifs is 4. The van der Waals surface area contributed by atoms with Gasteiger partial charge in [-0.15, -0.1) is 6.58 Å². The van der Waals surface area contributed by atoms with E-state index in [0.29, 0.717) is 73.4 Å². The van der Waals surface area contributed by atoms with Crippen molar-refractivity contribution in [3.8, 4) is 17.4 Å². The zero-order valence-corrected chi connectivity index (χ0v) is 33.9. The Kier molecular flexibility index (Phi) is 11.1. The number of hydrogen-bond acceptors (Lipinski definition) is 11. The molecule has 3 N–H and O–H groups in total. The summed E-state index contributed by atoms with van der Waals surface area (Å²) in [6.45, 7) is 6.00. The molecule has 5 fully saturated rings. The standard InChI is InChI=1S/C42H53N5O10S/c1-4-27-22-42(27,40(50)46-58(52,53)29-16-17-29)45-38(48)32-19-28-23-47(32)39(49)37(25-10-6-7-11-25)44-41(51)57-33-15-9-13-24(33)12-8-14-26-18-30-31(20-34(26)54-3)43-36(55-5-2)21-35(30)56-28/h4,8,14,18,20-21,24-25,27-29,32-33,37H,1,5-7,9-13,15-17,19,22-23H2,2-3H3,(H,44,51)(H,45,48)(H,46,50)/t24-,27-,28-,32+,33+,37+,42-/m1/s1. The van der Waals surface area contributed by atoms with Gasteiger partial charge in [-0.1, -0.05) is 31.1 Å². The fraction of sp³-hybridized carbons (Fsp3) is 0.595. The number of carbonyl (C=O) groups excluding carboxylic acids is 4. The number of sulfonamides is 1. The molecule has 4 aliphatic carbocycles. The smallest absolute Gasteiger partial charge is 0.408 e. The number of nitrogens with zero attached hydrogens (tertiary/aromatic N) is 2. The SMILES string of the molecule is C=C[C@@H]1C[C@]1(NC(=O)[C@@H]1C[C@@H]2CN1C(=O)[C@H](C1CCCC1)NC(=O)O[C@H]1CCC[C@H]1CC=Cc1cc3c(cc(OCC)nc3cc1OC)O2)C(=O)NS(=O)(=O)C1CC1. The highest BCUT2D eigenvalue weighted by atomic mass is 32.2. The second-order valence-corrected chi connectivity index (χ2v) is 18.6. The van der Waals surface area contributed by atoms with Crippen molar-refractivity contribution in [2.45, 2.75) is 119 Å². The van der Waals surface area contributed by atoms with Crippen LogP contribution in [0, 0.1) is 17.8 Å². The minimum Gasteiger partial charge on any atom is -0.496 e. The first-order valence-corrected chi connectivity index (χ1v) is 22.2. The Hall–Kier alpha value is -4.86. The summed E-state index contributed by atoms with van der Waals surface area (Å²) in [4.78, 5) is 63.0. The molecular weight excluding hydrogens is 767 g/mol. The highest BCUT2D eigenvalue weighted by Gasteiger charge is 2.62. The van der Waals surface area contributed by atoms with Crippen molar-refractivity contribution in [1.29, 1.82) is 0 Å². The Morgan fingerprint density at radius 3 is 2.55 bits per heavy atom. The van der Waals surface area contributed by atoms with Gasteiger partial charge in [-0.2, -0.15) is 0 Å². The van der Waals surface area contributed by atoms with Gasteiger partial charge in [0.25, 0.3) is 5.91 Å². The van der Waals surface area contributed by atoms with Crippen molar-refractivity contribution in [1.82, 2.24) is 25.2 Å². The maximum Gasteiger partial charge on any atom is 0.408 e. The summed E-state index contributed by atoms with van der Waals surface area (Å²) in [5, 5.41) is 5.82.